The molecule has 0 atom stereocenters. The molecule has 194 valence electrons. The van der Waals surface area contributed by atoms with Crippen LogP contribution in [0, 0.1) is 5.41 Å². The van der Waals surface area contributed by atoms with Crippen molar-refractivity contribution in [2.75, 3.05) is 46.5 Å². The van der Waals surface area contributed by atoms with Gasteiger partial charge in [-0.3, -0.25) is 9.59 Å². The van der Waals surface area contributed by atoms with Gasteiger partial charge in [0.05, 0.1) is 18.8 Å². The number of benzene rings is 2. The summed E-state index contributed by atoms with van der Waals surface area (Å²) >= 11 is 6.27. The Balaban J connectivity index is 1.41. The van der Waals surface area contributed by atoms with E-state index in [4.69, 9.17) is 21.1 Å². The maximum atomic E-state index is 13.0. The smallest absolute Gasteiger partial charge is 0.257 e. The van der Waals surface area contributed by atoms with E-state index < -0.39 is 0 Å². The van der Waals surface area contributed by atoms with E-state index in [1.54, 1.807) is 11.9 Å². The molecule has 4 rings (SSSR count). The molecule has 0 saturated carbocycles. The molecule has 1 fully saturated rings. The third kappa shape index (κ3) is 6.80. The number of piperidine rings is 1. The summed E-state index contributed by atoms with van der Waals surface area (Å²) in [6.45, 7) is 3.78. The third-order valence-electron chi connectivity index (χ3n) is 7.56. The van der Waals surface area contributed by atoms with Crippen LogP contribution in [-0.2, 0) is 16.0 Å². The van der Waals surface area contributed by atoms with Crippen LogP contribution in [0.25, 0.3) is 0 Å². The first kappa shape index (κ1) is 26.5. The normalized spacial score (nSPS) is 19.3. The van der Waals surface area contributed by atoms with Crippen molar-refractivity contribution < 1.29 is 19.1 Å². The lowest BCUT2D eigenvalue weighted by Gasteiger charge is -2.42. The number of amides is 2. The summed E-state index contributed by atoms with van der Waals surface area (Å²) in [7, 11) is 1.80. The van der Waals surface area contributed by atoms with E-state index >= 15 is 0 Å². The van der Waals surface area contributed by atoms with Crippen LogP contribution in [-0.4, -0.2) is 68.1 Å². The Morgan fingerprint density at radius 2 is 1.72 bits per heavy atom. The zero-order valence-corrected chi connectivity index (χ0v) is 22.0. The molecule has 6 nitrogen and oxygen atoms in total. The number of halogens is 1. The molecule has 0 aromatic heterocycles. The van der Waals surface area contributed by atoms with Crippen LogP contribution >= 0.6 is 11.6 Å². The lowest BCUT2D eigenvalue weighted by Crippen LogP contribution is -2.45. The van der Waals surface area contributed by atoms with Gasteiger partial charge in [0, 0.05) is 50.1 Å². The minimum atomic E-state index is -0.0563. The molecule has 0 unspecified atom stereocenters. The second-order valence-electron chi connectivity index (χ2n) is 10.1. The summed E-state index contributed by atoms with van der Waals surface area (Å²) in [5.74, 6) is 0.753. The lowest BCUT2D eigenvalue weighted by atomic mass is 9.75. The number of ether oxygens (including phenoxy) is 2. The van der Waals surface area contributed by atoms with Crippen molar-refractivity contribution in [3.8, 4) is 5.75 Å². The monoisotopic (exact) mass is 512 g/mol. The van der Waals surface area contributed by atoms with Crippen molar-refractivity contribution in [3.63, 3.8) is 0 Å². The van der Waals surface area contributed by atoms with E-state index in [1.165, 1.54) is 0 Å². The molecule has 2 aliphatic heterocycles. The largest absolute Gasteiger partial charge is 0.492 e. The van der Waals surface area contributed by atoms with Gasteiger partial charge in [-0.2, -0.15) is 0 Å². The first-order valence-corrected chi connectivity index (χ1v) is 13.4. The van der Waals surface area contributed by atoms with E-state index in [1.807, 2.05) is 53.4 Å². The summed E-state index contributed by atoms with van der Waals surface area (Å²) in [5.41, 5.74) is 1.58. The van der Waals surface area contributed by atoms with Gasteiger partial charge in [-0.25, -0.2) is 0 Å². The minimum Gasteiger partial charge on any atom is -0.492 e. The summed E-state index contributed by atoms with van der Waals surface area (Å²) in [6, 6.07) is 15.2. The fourth-order valence-electron chi connectivity index (χ4n) is 5.11. The molecule has 0 bridgehead atoms. The lowest BCUT2D eigenvalue weighted by molar-refractivity contribution is -0.134. The maximum Gasteiger partial charge on any atom is 0.257 e. The Labute approximate surface area is 219 Å². The van der Waals surface area contributed by atoms with Gasteiger partial charge in [0.15, 0.2) is 0 Å². The molecule has 2 heterocycles. The van der Waals surface area contributed by atoms with Gasteiger partial charge in [0.1, 0.15) is 5.75 Å². The van der Waals surface area contributed by atoms with Gasteiger partial charge in [0.25, 0.3) is 5.91 Å². The molecule has 2 amide bonds. The van der Waals surface area contributed by atoms with Gasteiger partial charge >= 0.3 is 0 Å². The first-order chi connectivity index (χ1) is 17.5. The SMILES string of the molecule is CN1CCOCCCCC2(CCN(C(=O)CCc3ccccc3Cl)CC2)COc2ccccc2C1=O. The van der Waals surface area contributed by atoms with Crippen LogP contribution in [0.1, 0.15) is 54.4 Å². The van der Waals surface area contributed by atoms with Gasteiger partial charge in [0.2, 0.25) is 5.91 Å². The third-order valence-corrected chi connectivity index (χ3v) is 7.93. The summed E-state index contributed by atoms with van der Waals surface area (Å²) < 4.78 is 12.2. The molecule has 0 N–H and O–H groups in total. The van der Waals surface area contributed by atoms with E-state index in [2.05, 4.69) is 0 Å². The number of hydrogen-bond donors (Lipinski definition) is 0. The highest BCUT2D eigenvalue weighted by atomic mass is 35.5. The van der Waals surface area contributed by atoms with Crippen molar-refractivity contribution in [2.24, 2.45) is 5.41 Å². The van der Waals surface area contributed by atoms with E-state index in [-0.39, 0.29) is 17.2 Å². The number of nitrogens with zero attached hydrogens (tertiary/aromatic N) is 2. The number of hydrogen-bond acceptors (Lipinski definition) is 4. The number of carbonyl (C=O) groups is 2. The topological polar surface area (TPSA) is 59.1 Å². The molecule has 2 aromatic rings. The molecule has 2 aromatic carbocycles. The molecule has 1 spiro atoms. The zero-order valence-electron chi connectivity index (χ0n) is 21.2. The molecule has 1 saturated heterocycles. The van der Waals surface area contributed by atoms with Crippen molar-refractivity contribution in [3.05, 3.63) is 64.7 Å². The number of likely N-dealkylation sites (N-methyl/N-ethyl adjacent to an activating group) is 1. The Morgan fingerprint density at radius 3 is 2.53 bits per heavy atom. The van der Waals surface area contributed by atoms with Crippen molar-refractivity contribution >= 4 is 23.4 Å². The molecule has 0 aliphatic carbocycles. The van der Waals surface area contributed by atoms with E-state index in [0.717, 1.165) is 50.8 Å². The Bertz CT molecular complexity index is 1040. The van der Waals surface area contributed by atoms with Crippen molar-refractivity contribution in [1.29, 1.82) is 0 Å². The predicted molar refractivity (Wildman–Crippen MR) is 142 cm³/mol. The van der Waals surface area contributed by atoms with Crippen LogP contribution in [0.3, 0.4) is 0 Å². The highest BCUT2D eigenvalue weighted by molar-refractivity contribution is 6.31. The van der Waals surface area contributed by atoms with E-state index in [0.29, 0.717) is 55.5 Å². The average Bonchev–Trinajstić information content (AvgIpc) is 2.90. The number of likely N-dealkylation sites (tertiary alicyclic amines) is 1. The minimum absolute atomic E-state index is 0.0221. The highest BCUT2D eigenvalue weighted by Gasteiger charge is 2.36. The highest BCUT2D eigenvalue weighted by Crippen LogP contribution is 2.38. The Morgan fingerprint density at radius 1 is 0.972 bits per heavy atom. The Kier molecular flexibility index (Phi) is 9.27. The maximum absolute atomic E-state index is 13.0. The Hall–Kier alpha value is -2.57. The second-order valence-corrected chi connectivity index (χ2v) is 10.5. The standard InChI is InChI=1S/C29H37ClN2O4/c1-31-19-21-35-20-7-6-14-29(22-36-26-11-5-3-9-24(26)28(31)34)15-17-32(18-16-29)27(33)13-12-23-8-2-4-10-25(23)30/h2-5,8-11H,6-7,12-22H2,1H3. The average molecular weight is 513 g/mol. The van der Waals surface area contributed by atoms with Gasteiger partial charge in [-0.15, -0.1) is 0 Å². The van der Waals surface area contributed by atoms with Gasteiger partial charge in [-0.05, 0) is 55.9 Å². The first-order valence-electron chi connectivity index (χ1n) is 13.0. The summed E-state index contributed by atoms with van der Waals surface area (Å²) in [6.07, 6.45) is 5.96. The molecule has 7 heteroatoms. The van der Waals surface area contributed by atoms with Crippen LogP contribution in [0.15, 0.2) is 48.5 Å². The van der Waals surface area contributed by atoms with Crippen molar-refractivity contribution in [2.45, 2.75) is 44.9 Å². The van der Waals surface area contributed by atoms with Crippen LogP contribution in [0.5, 0.6) is 5.75 Å². The number of aryl methyl sites for hydroxylation is 1. The molecular weight excluding hydrogens is 476 g/mol. The van der Waals surface area contributed by atoms with Gasteiger partial charge < -0.3 is 19.3 Å². The zero-order chi connectivity index (χ0) is 25.4. The molecular formula is C29H37ClN2O4. The summed E-state index contributed by atoms with van der Waals surface area (Å²) in [4.78, 5) is 29.7. The number of carbonyl (C=O) groups excluding carboxylic acids is 2. The molecule has 36 heavy (non-hydrogen) atoms. The summed E-state index contributed by atoms with van der Waals surface area (Å²) in [5, 5.41) is 0.716. The second kappa shape index (κ2) is 12.6. The van der Waals surface area contributed by atoms with Crippen LogP contribution in [0.2, 0.25) is 5.02 Å². The number of rotatable bonds is 3. The number of para-hydroxylation sites is 1. The molecule has 2 aliphatic rings. The predicted octanol–water partition coefficient (Wildman–Crippen LogP) is 5.23. The molecule has 0 radical (unpaired) electrons. The quantitative estimate of drug-likeness (QED) is 0.565. The van der Waals surface area contributed by atoms with Crippen molar-refractivity contribution in [1.82, 2.24) is 9.80 Å². The fourth-order valence-corrected chi connectivity index (χ4v) is 5.34. The van der Waals surface area contributed by atoms with Crippen LogP contribution < -0.4 is 4.74 Å². The van der Waals surface area contributed by atoms with E-state index in [9.17, 15) is 9.59 Å². The number of fused-ring (bicyclic) bond motifs is 1. The fraction of sp³-hybridized carbons (Fsp3) is 0.517. The van der Waals surface area contributed by atoms with Gasteiger partial charge in [-0.1, -0.05) is 48.4 Å². The van der Waals surface area contributed by atoms with Crippen LogP contribution in [0.4, 0.5) is 0 Å².